The van der Waals surface area contributed by atoms with Crippen LogP contribution >= 0.6 is 0 Å². The van der Waals surface area contributed by atoms with E-state index in [2.05, 4.69) is 32.6 Å². The molecule has 0 aromatic heterocycles. The Labute approximate surface area is 165 Å². The van der Waals surface area contributed by atoms with Crippen molar-refractivity contribution in [1.82, 2.24) is 4.90 Å². The first kappa shape index (κ1) is 19.7. The standard InChI is InChI=1S/C21H26N4O3/c1-16(26)22-17-4-3-5-18(14-17)23-21(27)15-24-10-12-25(13-11-24)19-6-8-20(28-2)9-7-19/h3-9,14H,10-13,15H2,1-2H3,(H,22,26)(H,23,27). The van der Waals surface area contributed by atoms with E-state index in [1.165, 1.54) is 12.6 Å². The van der Waals surface area contributed by atoms with Gasteiger partial charge < -0.3 is 20.3 Å². The van der Waals surface area contributed by atoms with Gasteiger partial charge in [-0.2, -0.15) is 0 Å². The average Bonchev–Trinajstić information content (AvgIpc) is 2.68. The maximum absolute atomic E-state index is 12.4. The molecule has 0 spiro atoms. The van der Waals surface area contributed by atoms with Crippen LogP contribution in [-0.4, -0.2) is 56.5 Å². The lowest BCUT2D eigenvalue weighted by Gasteiger charge is -2.35. The number of nitrogens with zero attached hydrogens (tertiary/aromatic N) is 2. The van der Waals surface area contributed by atoms with Gasteiger partial charge in [0.15, 0.2) is 0 Å². The van der Waals surface area contributed by atoms with Gasteiger partial charge in [0.1, 0.15) is 5.75 Å². The highest BCUT2D eigenvalue weighted by Gasteiger charge is 2.19. The van der Waals surface area contributed by atoms with Crippen LogP contribution in [-0.2, 0) is 9.59 Å². The van der Waals surface area contributed by atoms with E-state index in [-0.39, 0.29) is 11.8 Å². The number of ether oxygens (including phenoxy) is 1. The summed E-state index contributed by atoms with van der Waals surface area (Å²) in [5, 5.41) is 5.61. The number of hydrogen-bond donors (Lipinski definition) is 2. The summed E-state index contributed by atoms with van der Waals surface area (Å²) in [7, 11) is 1.66. The second-order valence-corrected chi connectivity index (χ2v) is 6.77. The van der Waals surface area contributed by atoms with E-state index >= 15 is 0 Å². The lowest BCUT2D eigenvalue weighted by molar-refractivity contribution is -0.117. The van der Waals surface area contributed by atoms with Crippen LogP contribution in [0.3, 0.4) is 0 Å². The predicted octanol–water partition coefficient (Wildman–Crippen LogP) is 2.41. The quantitative estimate of drug-likeness (QED) is 0.803. The highest BCUT2D eigenvalue weighted by molar-refractivity contribution is 5.94. The number of amides is 2. The fourth-order valence-electron chi connectivity index (χ4n) is 3.24. The number of methoxy groups -OCH3 is 1. The van der Waals surface area contributed by atoms with Crippen LogP contribution in [0.2, 0.25) is 0 Å². The van der Waals surface area contributed by atoms with Crippen LogP contribution in [0, 0.1) is 0 Å². The molecule has 1 fully saturated rings. The van der Waals surface area contributed by atoms with Crippen LogP contribution < -0.4 is 20.3 Å². The summed E-state index contributed by atoms with van der Waals surface area (Å²) in [6, 6.07) is 15.2. The zero-order chi connectivity index (χ0) is 19.9. The van der Waals surface area contributed by atoms with Crippen LogP contribution in [0.5, 0.6) is 5.75 Å². The fraction of sp³-hybridized carbons (Fsp3) is 0.333. The molecule has 0 bridgehead atoms. The van der Waals surface area contributed by atoms with Crippen molar-refractivity contribution in [3.63, 3.8) is 0 Å². The maximum atomic E-state index is 12.4. The van der Waals surface area contributed by atoms with Gasteiger partial charge in [-0.25, -0.2) is 0 Å². The van der Waals surface area contributed by atoms with Crippen LogP contribution in [0.15, 0.2) is 48.5 Å². The Morgan fingerprint density at radius 3 is 2.21 bits per heavy atom. The molecule has 28 heavy (non-hydrogen) atoms. The Morgan fingerprint density at radius 1 is 0.964 bits per heavy atom. The van der Waals surface area contributed by atoms with Crippen LogP contribution in [0.1, 0.15) is 6.92 Å². The Hall–Kier alpha value is -3.06. The summed E-state index contributed by atoms with van der Waals surface area (Å²) in [4.78, 5) is 28.0. The molecule has 2 aromatic carbocycles. The fourth-order valence-corrected chi connectivity index (χ4v) is 3.24. The van der Waals surface area contributed by atoms with Crippen molar-refractivity contribution in [2.45, 2.75) is 6.92 Å². The number of carbonyl (C=O) groups is 2. The third-order valence-electron chi connectivity index (χ3n) is 4.64. The monoisotopic (exact) mass is 382 g/mol. The molecule has 0 unspecified atom stereocenters. The Balaban J connectivity index is 1.47. The van der Waals surface area contributed by atoms with Gasteiger partial charge in [0, 0.05) is 50.2 Å². The van der Waals surface area contributed by atoms with Gasteiger partial charge in [-0.3, -0.25) is 14.5 Å². The van der Waals surface area contributed by atoms with E-state index in [0.717, 1.165) is 31.9 Å². The van der Waals surface area contributed by atoms with Gasteiger partial charge in [-0.05, 0) is 42.5 Å². The van der Waals surface area contributed by atoms with E-state index in [1.807, 2.05) is 18.2 Å². The molecule has 0 radical (unpaired) electrons. The summed E-state index contributed by atoms with van der Waals surface area (Å²) in [5.74, 6) is 0.651. The molecular weight excluding hydrogens is 356 g/mol. The van der Waals surface area contributed by atoms with Crippen molar-refractivity contribution in [1.29, 1.82) is 0 Å². The summed E-state index contributed by atoms with van der Waals surface area (Å²) in [6.07, 6.45) is 0. The first-order chi connectivity index (χ1) is 13.5. The van der Waals surface area contributed by atoms with E-state index in [9.17, 15) is 9.59 Å². The van der Waals surface area contributed by atoms with Gasteiger partial charge in [-0.1, -0.05) is 6.07 Å². The van der Waals surface area contributed by atoms with Crippen LogP contribution in [0.4, 0.5) is 17.1 Å². The van der Waals surface area contributed by atoms with Crippen molar-refractivity contribution >= 4 is 28.9 Å². The zero-order valence-electron chi connectivity index (χ0n) is 16.3. The SMILES string of the molecule is COc1ccc(N2CCN(CC(=O)Nc3cccc(NC(C)=O)c3)CC2)cc1. The number of benzene rings is 2. The molecule has 2 N–H and O–H groups in total. The van der Waals surface area contributed by atoms with Gasteiger partial charge in [0.25, 0.3) is 0 Å². The molecule has 1 aliphatic rings. The topological polar surface area (TPSA) is 73.9 Å². The highest BCUT2D eigenvalue weighted by Crippen LogP contribution is 2.20. The largest absolute Gasteiger partial charge is 0.497 e. The number of piperazine rings is 1. The van der Waals surface area contributed by atoms with Gasteiger partial charge in [0.05, 0.1) is 13.7 Å². The molecule has 7 heteroatoms. The summed E-state index contributed by atoms with van der Waals surface area (Å²) in [6.45, 7) is 5.20. The second-order valence-electron chi connectivity index (χ2n) is 6.77. The predicted molar refractivity (Wildman–Crippen MR) is 111 cm³/mol. The average molecular weight is 382 g/mol. The molecule has 148 valence electrons. The van der Waals surface area contributed by atoms with Crippen molar-refractivity contribution in [2.75, 3.05) is 55.4 Å². The number of rotatable bonds is 6. The molecule has 3 rings (SSSR count). The van der Waals surface area contributed by atoms with Crippen molar-refractivity contribution in [3.05, 3.63) is 48.5 Å². The lowest BCUT2D eigenvalue weighted by atomic mass is 10.2. The molecule has 1 saturated heterocycles. The minimum absolute atomic E-state index is 0.0575. The Kier molecular flexibility index (Phi) is 6.49. The molecular formula is C21H26N4O3. The normalized spacial score (nSPS) is 14.4. The lowest BCUT2D eigenvalue weighted by Crippen LogP contribution is -2.48. The second kappa shape index (κ2) is 9.23. The van der Waals surface area contributed by atoms with Crippen molar-refractivity contribution in [3.8, 4) is 5.75 Å². The molecule has 0 aliphatic carbocycles. The molecule has 1 heterocycles. The summed E-state index contributed by atoms with van der Waals surface area (Å²) in [5.41, 5.74) is 2.51. The van der Waals surface area contributed by atoms with E-state index in [4.69, 9.17) is 4.74 Å². The molecule has 2 amide bonds. The van der Waals surface area contributed by atoms with Gasteiger partial charge in [0.2, 0.25) is 11.8 Å². The molecule has 0 atom stereocenters. The highest BCUT2D eigenvalue weighted by atomic mass is 16.5. The van der Waals surface area contributed by atoms with Crippen molar-refractivity contribution < 1.29 is 14.3 Å². The third-order valence-corrected chi connectivity index (χ3v) is 4.64. The van der Waals surface area contributed by atoms with Gasteiger partial charge >= 0.3 is 0 Å². The first-order valence-electron chi connectivity index (χ1n) is 9.32. The Morgan fingerprint density at radius 2 is 1.61 bits per heavy atom. The van der Waals surface area contributed by atoms with Crippen molar-refractivity contribution in [2.24, 2.45) is 0 Å². The number of carbonyl (C=O) groups excluding carboxylic acids is 2. The smallest absolute Gasteiger partial charge is 0.238 e. The Bertz CT molecular complexity index is 815. The van der Waals surface area contributed by atoms with E-state index in [0.29, 0.717) is 17.9 Å². The molecule has 7 nitrogen and oxygen atoms in total. The molecule has 2 aromatic rings. The van der Waals surface area contributed by atoms with Crippen LogP contribution in [0.25, 0.3) is 0 Å². The first-order valence-corrected chi connectivity index (χ1v) is 9.32. The third kappa shape index (κ3) is 5.47. The molecule has 1 aliphatic heterocycles. The number of nitrogens with one attached hydrogen (secondary N) is 2. The summed E-state index contributed by atoms with van der Waals surface area (Å²) < 4.78 is 5.20. The summed E-state index contributed by atoms with van der Waals surface area (Å²) >= 11 is 0. The van der Waals surface area contributed by atoms with Gasteiger partial charge in [-0.15, -0.1) is 0 Å². The van der Waals surface area contributed by atoms with E-state index in [1.54, 1.807) is 25.3 Å². The number of hydrogen-bond acceptors (Lipinski definition) is 5. The maximum Gasteiger partial charge on any atom is 0.238 e. The minimum atomic E-state index is -0.141. The van der Waals surface area contributed by atoms with E-state index < -0.39 is 0 Å². The minimum Gasteiger partial charge on any atom is -0.497 e. The molecule has 0 saturated carbocycles. The zero-order valence-corrected chi connectivity index (χ0v) is 16.3. The number of anilines is 3.